The molecular weight excluding hydrogens is 316 g/mol. The number of fused-ring (bicyclic) bond motifs is 1. The van der Waals surface area contributed by atoms with Crippen molar-refractivity contribution in [2.24, 2.45) is 5.73 Å². The van der Waals surface area contributed by atoms with Crippen LogP contribution in [0.5, 0.6) is 5.75 Å². The van der Waals surface area contributed by atoms with E-state index in [1.165, 1.54) is 0 Å². The van der Waals surface area contributed by atoms with Crippen LogP contribution in [-0.4, -0.2) is 17.1 Å². The van der Waals surface area contributed by atoms with Crippen LogP contribution in [0, 0.1) is 0 Å². The molecule has 0 unspecified atom stereocenters. The third-order valence-electron chi connectivity index (χ3n) is 3.09. The van der Waals surface area contributed by atoms with Gasteiger partial charge in [-0.05, 0) is 31.0 Å². The highest BCUT2D eigenvalue weighted by atomic mass is 79.9. The molecule has 0 bridgehead atoms. The number of rotatable bonds is 3. The van der Waals surface area contributed by atoms with E-state index in [0.717, 1.165) is 34.0 Å². The van der Waals surface area contributed by atoms with Crippen LogP contribution in [-0.2, 0) is 0 Å². The number of hydrogen-bond acceptors (Lipinski definition) is 3. The maximum absolute atomic E-state index is 6.01. The van der Waals surface area contributed by atoms with Gasteiger partial charge >= 0.3 is 0 Å². The van der Waals surface area contributed by atoms with E-state index in [-0.39, 0.29) is 17.9 Å². The zero-order valence-corrected chi connectivity index (χ0v) is 12.1. The Morgan fingerprint density at radius 1 is 1.33 bits per heavy atom. The molecule has 0 saturated heterocycles. The molecule has 96 valence electrons. The molecule has 0 aliphatic heterocycles. The topological polar surface area (TPSA) is 48.1 Å². The Balaban J connectivity index is 0.00000120. The minimum Gasteiger partial charge on any atom is -0.489 e. The van der Waals surface area contributed by atoms with Crippen LogP contribution in [0.1, 0.15) is 12.8 Å². The minimum atomic E-state index is -0.103. The lowest BCUT2D eigenvalue weighted by atomic mass is 10.2. The highest BCUT2D eigenvalue weighted by Crippen LogP contribution is 2.35. The highest BCUT2D eigenvalue weighted by Gasteiger charge is 2.39. The van der Waals surface area contributed by atoms with E-state index in [1.54, 1.807) is 6.20 Å². The van der Waals surface area contributed by atoms with Crippen molar-refractivity contribution < 1.29 is 4.74 Å². The first kappa shape index (κ1) is 13.6. The van der Waals surface area contributed by atoms with Gasteiger partial charge in [-0.1, -0.05) is 22.0 Å². The molecule has 18 heavy (non-hydrogen) atoms. The molecule has 0 radical (unpaired) electrons. The molecule has 2 aromatic rings. The lowest BCUT2D eigenvalue weighted by molar-refractivity contribution is 0.282. The summed E-state index contributed by atoms with van der Waals surface area (Å²) < 4.78 is 6.82. The second kappa shape index (κ2) is 5.03. The number of hydrogen-bond donors (Lipinski definition) is 1. The van der Waals surface area contributed by atoms with Gasteiger partial charge in [0.15, 0.2) is 0 Å². The van der Waals surface area contributed by atoms with Crippen molar-refractivity contribution in [1.82, 2.24) is 4.98 Å². The first-order valence-electron chi connectivity index (χ1n) is 5.63. The Morgan fingerprint density at radius 3 is 2.83 bits per heavy atom. The largest absolute Gasteiger partial charge is 0.489 e. The van der Waals surface area contributed by atoms with Crippen molar-refractivity contribution in [3.8, 4) is 5.75 Å². The number of halogens is 2. The molecule has 0 atom stereocenters. The third kappa shape index (κ3) is 2.60. The molecule has 3 nitrogen and oxygen atoms in total. The maximum Gasteiger partial charge on any atom is 0.145 e. The van der Waals surface area contributed by atoms with Gasteiger partial charge in [-0.3, -0.25) is 4.98 Å². The first-order chi connectivity index (χ1) is 8.18. The predicted octanol–water partition coefficient (Wildman–Crippen LogP) is 3.29. The molecule has 1 heterocycles. The average Bonchev–Trinajstić information content (AvgIpc) is 3.08. The number of pyridine rings is 1. The molecule has 1 aliphatic rings. The zero-order valence-electron chi connectivity index (χ0n) is 9.73. The van der Waals surface area contributed by atoms with Crippen LogP contribution in [0.3, 0.4) is 0 Å². The standard InChI is InChI=1S/C13H13BrN2O.ClH/c14-10-3-4-11(17-8-13(15)5-6-13)12-9(10)2-1-7-16-12;/h1-4,7H,5-6,8,15H2;1H. The zero-order chi connectivity index (χ0) is 11.9. The smallest absolute Gasteiger partial charge is 0.145 e. The van der Waals surface area contributed by atoms with E-state index < -0.39 is 0 Å². The van der Waals surface area contributed by atoms with E-state index in [9.17, 15) is 0 Å². The second-order valence-corrected chi connectivity index (χ2v) is 5.45. The predicted molar refractivity (Wildman–Crippen MR) is 78.3 cm³/mol. The lowest BCUT2D eigenvalue weighted by Gasteiger charge is -2.13. The number of nitrogens with zero attached hydrogens (tertiary/aromatic N) is 1. The quantitative estimate of drug-likeness (QED) is 0.940. The summed E-state index contributed by atoms with van der Waals surface area (Å²) in [5.41, 5.74) is 6.79. The van der Waals surface area contributed by atoms with E-state index in [0.29, 0.717) is 6.61 Å². The minimum absolute atomic E-state index is 0. The third-order valence-corrected chi connectivity index (χ3v) is 3.78. The Hall–Kier alpha value is -0.840. The van der Waals surface area contributed by atoms with Gasteiger partial charge < -0.3 is 10.5 Å². The SMILES string of the molecule is Cl.NC1(COc2ccc(Br)c3cccnc23)CC1. The Kier molecular flexibility index (Phi) is 3.80. The Morgan fingerprint density at radius 2 is 2.11 bits per heavy atom. The number of nitrogens with two attached hydrogens (primary N) is 1. The van der Waals surface area contributed by atoms with E-state index >= 15 is 0 Å². The van der Waals surface area contributed by atoms with Gasteiger partial charge in [-0.25, -0.2) is 0 Å². The fraction of sp³-hybridized carbons (Fsp3) is 0.308. The van der Waals surface area contributed by atoms with Crippen LogP contribution < -0.4 is 10.5 Å². The van der Waals surface area contributed by atoms with Crippen LogP contribution in [0.4, 0.5) is 0 Å². The maximum atomic E-state index is 6.01. The average molecular weight is 330 g/mol. The summed E-state index contributed by atoms with van der Waals surface area (Å²) in [6.07, 6.45) is 3.88. The molecular formula is C13H14BrClN2O. The molecule has 1 aliphatic carbocycles. The van der Waals surface area contributed by atoms with Crippen molar-refractivity contribution in [3.63, 3.8) is 0 Å². The van der Waals surface area contributed by atoms with Crippen molar-refractivity contribution >= 4 is 39.2 Å². The van der Waals surface area contributed by atoms with Gasteiger partial charge in [0.2, 0.25) is 0 Å². The normalized spacial score (nSPS) is 16.1. The first-order valence-corrected chi connectivity index (χ1v) is 6.42. The van der Waals surface area contributed by atoms with Gasteiger partial charge in [-0.15, -0.1) is 12.4 Å². The fourth-order valence-electron chi connectivity index (χ4n) is 1.75. The van der Waals surface area contributed by atoms with E-state index in [4.69, 9.17) is 10.5 Å². The summed E-state index contributed by atoms with van der Waals surface area (Å²) in [7, 11) is 0. The van der Waals surface area contributed by atoms with Crippen LogP contribution in [0.2, 0.25) is 0 Å². The summed E-state index contributed by atoms with van der Waals surface area (Å²) in [6, 6.07) is 7.86. The van der Waals surface area contributed by atoms with Gasteiger partial charge in [0, 0.05) is 16.1 Å². The molecule has 2 N–H and O–H groups in total. The van der Waals surface area contributed by atoms with Crippen LogP contribution >= 0.6 is 28.3 Å². The van der Waals surface area contributed by atoms with Gasteiger partial charge in [0.1, 0.15) is 17.9 Å². The van der Waals surface area contributed by atoms with Crippen molar-refractivity contribution in [3.05, 3.63) is 34.9 Å². The van der Waals surface area contributed by atoms with Crippen molar-refractivity contribution in [1.29, 1.82) is 0 Å². The van der Waals surface area contributed by atoms with Crippen molar-refractivity contribution in [2.45, 2.75) is 18.4 Å². The number of ether oxygens (including phenoxy) is 1. The highest BCUT2D eigenvalue weighted by molar-refractivity contribution is 9.10. The van der Waals surface area contributed by atoms with Gasteiger partial charge in [0.25, 0.3) is 0 Å². The van der Waals surface area contributed by atoms with Crippen molar-refractivity contribution in [2.75, 3.05) is 6.61 Å². The molecule has 3 rings (SSSR count). The summed E-state index contributed by atoms with van der Waals surface area (Å²) in [5.74, 6) is 0.806. The van der Waals surface area contributed by atoms with Crippen LogP contribution in [0.25, 0.3) is 10.9 Å². The molecule has 1 fully saturated rings. The van der Waals surface area contributed by atoms with E-state index in [1.807, 2.05) is 24.3 Å². The number of benzene rings is 1. The molecule has 1 aromatic heterocycles. The summed E-state index contributed by atoms with van der Waals surface area (Å²) in [6.45, 7) is 0.570. The molecule has 1 saturated carbocycles. The fourth-order valence-corrected chi connectivity index (χ4v) is 2.21. The summed E-state index contributed by atoms with van der Waals surface area (Å²) in [5, 5.41) is 1.06. The van der Waals surface area contributed by atoms with E-state index in [2.05, 4.69) is 20.9 Å². The lowest BCUT2D eigenvalue weighted by Crippen LogP contribution is -2.29. The molecule has 0 amide bonds. The molecule has 0 spiro atoms. The molecule has 5 heteroatoms. The monoisotopic (exact) mass is 328 g/mol. The summed E-state index contributed by atoms with van der Waals surface area (Å²) >= 11 is 3.51. The Labute approximate surface area is 120 Å². The second-order valence-electron chi connectivity index (χ2n) is 4.60. The number of aromatic nitrogens is 1. The van der Waals surface area contributed by atoms with Gasteiger partial charge in [0.05, 0.1) is 5.54 Å². The summed E-state index contributed by atoms with van der Waals surface area (Å²) in [4.78, 5) is 4.37. The van der Waals surface area contributed by atoms with Crippen LogP contribution in [0.15, 0.2) is 34.9 Å². The molecule has 1 aromatic carbocycles. The Bertz CT molecular complexity index is 572. The van der Waals surface area contributed by atoms with Gasteiger partial charge in [-0.2, -0.15) is 0 Å².